The predicted molar refractivity (Wildman–Crippen MR) is 85.5 cm³/mol. The first-order valence-corrected chi connectivity index (χ1v) is 7.44. The van der Waals surface area contributed by atoms with Crippen molar-refractivity contribution in [1.29, 1.82) is 0 Å². The fraction of sp³-hybridized carbons (Fsp3) is 0.267. The molecule has 2 nitrogen and oxygen atoms in total. The molecule has 1 aromatic heterocycles. The van der Waals surface area contributed by atoms with Gasteiger partial charge in [-0.1, -0.05) is 40.9 Å². The number of aromatic nitrogens is 1. The number of nitrogens with zero attached hydrogens (tertiary/aromatic N) is 1. The molecule has 6 heteroatoms. The number of hydrogen-bond donors (Lipinski definition) is 1. The molecule has 0 saturated heterocycles. The number of halogens is 4. The van der Waals surface area contributed by atoms with Crippen LogP contribution >= 0.6 is 34.8 Å². The molecule has 2 aromatic rings. The monoisotopic (exact) mass is 346 g/mol. The second-order valence-electron chi connectivity index (χ2n) is 5.22. The van der Waals surface area contributed by atoms with E-state index in [0.29, 0.717) is 21.9 Å². The molecule has 0 saturated carbocycles. The quantitative estimate of drug-likeness (QED) is 0.768. The lowest BCUT2D eigenvalue weighted by Gasteiger charge is -2.28. The lowest BCUT2D eigenvalue weighted by Crippen LogP contribution is -2.36. The number of pyridine rings is 1. The Labute approximate surface area is 138 Å². The van der Waals surface area contributed by atoms with E-state index >= 15 is 0 Å². The number of hydrogen-bond acceptors (Lipinski definition) is 2. The molecule has 1 heterocycles. The van der Waals surface area contributed by atoms with Crippen LogP contribution in [0.2, 0.25) is 15.3 Å². The van der Waals surface area contributed by atoms with E-state index in [4.69, 9.17) is 34.8 Å². The van der Waals surface area contributed by atoms with E-state index in [1.165, 1.54) is 12.1 Å². The zero-order valence-corrected chi connectivity index (χ0v) is 13.8. The van der Waals surface area contributed by atoms with Gasteiger partial charge < -0.3 is 5.32 Å². The van der Waals surface area contributed by atoms with Gasteiger partial charge in [-0.05, 0) is 49.2 Å². The molecule has 21 heavy (non-hydrogen) atoms. The number of nitrogens with one attached hydrogen (secondary N) is 1. The van der Waals surface area contributed by atoms with Crippen LogP contribution in [0.15, 0.2) is 30.3 Å². The lowest BCUT2D eigenvalue weighted by molar-refractivity contribution is 0.400. The van der Waals surface area contributed by atoms with Crippen molar-refractivity contribution in [3.8, 4) is 0 Å². The SMILES string of the molecule is CC(C)(NCc1cc(Cl)nc(Cl)c1)c1ccc(F)cc1Cl. The van der Waals surface area contributed by atoms with Gasteiger partial charge in [0, 0.05) is 17.1 Å². The molecule has 0 aliphatic rings. The molecule has 0 bridgehead atoms. The Kier molecular flexibility index (Phi) is 5.10. The molecule has 0 radical (unpaired) electrons. The predicted octanol–water partition coefficient (Wildman–Crippen LogP) is 5.21. The van der Waals surface area contributed by atoms with Gasteiger partial charge in [-0.15, -0.1) is 0 Å². The van der Waals surface area contributed by atoms with Crippen LogP contribution < -0.4 is 5.32 Å². The van der Waals surface area contributed by atoms with Crippen LogP contribution in [-0.4, -0.2) is 4.98 Å². The van der Waals surface area contributed by atoms with Gasteiger partial charge in [-0.25, -0.2) is 9.37 Å². The maximum Gasteiger partial charge on any atom is 0.131 e. The second kappa shape index (κ2) is 6.49. The van der Waals surface area contributed by atoms with E-state index in [0.717, 1.165) is 11.1 Å². The topological polar surface area (TPSA) is 24.9 Å². The van der Waals surface area contributed by atoms with Crippen LogP contribution in [0.5, 0.6) is 0 Å². The van der Waals surface area contributed by atoms with Crippen LogP contribution in [-0.2, 0) is 12.1 Å². The molecule has 0 atom stereocenters. The summed E-state index contributed by atoms with van der Waals surface area (Å²) in [4.78, 5) is 3.90. The van der Waals surface area contributed by atoms with Crippen LogP contribution in [0.25, 0.3) is 0 Å². The third-order valence-electron chi connectivity index (χ3n) is 3.16. The molecule has 2 rings (SSSR count). The third-order valence-corrected chi connectivity index (χ3v) is 3.86. The van der Waals surface area contributed by atoms with Gasteiger partial charge >= 0.3 is 0 Å². The van der Waals surface area contributed by atoms with Gasteiger partial charge in [0.1, 0.15) is 16.1 Å². The van der Waals surface area contributed by atoms with Crippen molar-refractivity contribution < 1.29 is 4.39 Å². The fourth-order valence-corrected chi connectivity index (χ4v) is 2.94. The summed E-state index contributed by atoms with van der Waals surface area (Å²) in [6.07, 6.45) is 0. The van der Waals surface area contributed by atoms with Crippen molar-refractivity contribution in [3.63, 3.8) is 0 Å². The van der Waals surface area contributed by atoms with Gasteiger partial charge in [0.2, 0.25) is 0 Å². The van der Waals surface area contributed by atoms with Crippen LogP contribution in [0.4, 0.5) is 4.39 Å². The minimum atomic E-state index is -0.437. The summed E-state index contributed by atoms with van der Waals surface area (Å²) in [5.41, 5.74) is 1.29. The summed E-state index contributed by atoms with van der Waals surface area (Å²) < 4.78 is 13.1. The van der Waals surface area contributed by atoms with Crippen LogP contribution in [0.3, 0.4) is 0 Å². The second-order valence-corrected chi connectivity index (χ2v) is 6.41. The highest BCUT2D eigenvalue weighted by Gasteiger charge is 2.23. The summed E-state index contributed by atoms with van der Waals surface area (Å²) in [6.45, 7) is 4.47. The average molecular weight is 348 g/mol. The Bertz CT molecular complexity index is 639. The molecule has 0 aliphatic heterocycles. The first-order valence-electron chi connectivity index (χ1n) is 6.30. The number of benzene rings is 1. The highest BCUT2D eigenvalue weighted by Crippen LogP contribution is 2.29. The molecule has 1 N–H and O–H groups in total. The smallest absolute Gasteiger partial charge is 0.131 e. The van der Waals surface area contributed by atoms with Gasteiger partial charge in [-0.3, -0.25) is 0 Å². The van der Waals surface area contributed by atoms with Crippen molar-refractivity contribution in [3.05, 3.63) is 62.6 Å². The normalized spacial score (nSPS) is 11.7. The third kappa shape index (κ3) is 4.30. The van der Waals surface area contributed by atoms with E-state index in [9.17, 15) is 4.39 Å². The zero-order valence-electron chi connectivity index (χ0n) is 11.6. The van der Waals surface area contributed by atoms with Crippen LogP contribution in [0, 0.1) is 5.82 Å². The molecule has 0 unspecified atom stereocenters. The molecule has 0 aliphatic carbocycles. The standard InChI is InChI=1S/C15H14Cl3FN2/c1-15(2,11-4-3-10(19)7-12(11)16)20-8-9-5-13(17)21-14(18)6-9/h3-7,20H,8H2,1-2H3. The van der Waals surface area contributed by atoms with Crippen molar-refractivity contribution in [2.45, 2.75) is 25.9 Å². The summed E-state index contributed by atoms with van der Waals surface area (Å²) in [6, 6.07) is 7.86. The Morgan fingerprint density at radius 3 is 2.29 bits per heavy atom. The highest BCUT2D eigenvalue weighted by atomic mass is 35.5. The highest BCUT2D eigenvalue weighted by molar-refractivity contribution is 6.32. The minimum absolute atomic E-state index is 0.344. The summed E-state index contributed by atoms with van der Waals surface area (Å²) in [5, 5.41) is 4.43. The first kappa shape index (κ1) is 16.5. The Hall–Kier alpha value is -0.870. The van der Waals surface area contributed by atoms with E-state index in [-0.39, 0.29) is 5.82 Å². The van der Waals surface area contributed by atoms with E-state index in [1.807, 2.05) is 13.8 Å². The van der Waals surface area contributed by atoms with Crippen molar-refractivity contribution in [2.75, 3.05) is 0 Å². The molecule has 0 amide bonds. The molecule has 0 spiro atoms. The van der Waals surface area contributed by atoms with Crippen molar-refractivity contribution in [2.24, 2.45) is 0 Å². The van der Waals surface area contributed by atoms with E-state index in [2.05, 4.69) is 10.3 Å². The minimum Gasteiger partial charge on any atom is -0.304 e. The molecule has 0 fully saturated rings. The summed E-state index contributed by atoms with van der Waals surface area (Å²) >= 11 is 17.9. The Balaban J connectivity index is 2.17. The molecule has 1 aromatic carbocycles. The van der Waals surface area contributed by atoms with E-state index in [1.54, 1.807) is 18.2 Å². The van der Waals surface area contributed by atoms with Gasteiger partial charge in [-0.2, -0.15) is 0 Å². The summed E-state index contributed by atoms with van der Waals surface area (Å²) in [7, 11) is 0. The Morgan fingerprint density at radius 1 is 1.10 bits per heavy atom. The fourth-order valence-electron chi connectivity index (χ4n) is 2.03. The first-order chi connectivity index (χ1) is 9.78. The summed E-state index contributed by atoms with van der Waals surface area (Å²) in [5.74, 6) is -0.354. The van der Waals surface area contributed by atoms with Gasteiger partial charge in [0.05, 0.1) is 0 Å². The maximum absolute atomic E-state index is 13.1. The largest absolute Gasteiger partial charge is 0.304 e. The van der Waals surface area contributed by atoms with Gasteiger partial charge in [0.15, 0.2) is 0 Å². The van der Waals surface area contributed by atoms with Crippen molar-refractivity contribution >= 4 is 34.8 Å². The van der Waals surface area contributed by atoms with Crippen LogP contribution in [0.1, 0.15) is 25.0 Å². The lowest BCUT2D eigenvalue weighted by atomic mass is 9.94. The van der Waals surface area contributed by atoms with Crippen molar-refractivity contribution in [1.82, 2.24) is 10.3 Å². The Morgan fingerprint density at radius 2 is 1.71 bits per heavy atom. The van der Waals surface area contributed by atoms with Gasteiger partial charge in [0.25, 0.3) is 0 Å². The maximum atomic E-state index is 13.1. The molecule has 112 valence electrons. The average Bonchev–Trinajstić information content (AvgIpc) is 2.35. The molecular formula is C15H14Cl3FN2. The van der Waals surface area contributed by atoms with E-state index < -0.39 is 5.54 Å². The number of rotatable bonds is 4. The molecular weight excluding hydrogens is 334 g/mol. The zero-order chi connectivity index (χ0) is 15.6.